The van der Waals surface area contributed by atoms with Crippen LogP contribution in [0, 0.1) is 5.82 Å². The average molecular weight is 507 g/mol. The van der Waals surface area contributed by atoms with E-state index in [0.29, 0.717) is 23.8 Å². The van der Waals surface area contributed by atoms with Gasteiger partial charge in [0.25, 0.3) is 0 Å². The van der Waals surface area contributed by atoms with Crippen molar-refractivity contribution < 1.29 is 22.6 Å². The van der Waals surface area contributed by atoms with Crippen LogP contribution in [0.5, 0.6) is 11.5 Å². The summed E-state index contributed by atoms with van der Waals surface area (Å²) in [5, 5.41) is 1.43. The van der Waals surface area contributed by atoms with E-state index in [1.165, 1.54) is 37.8 Å². The number of rotatable bonds is 13. The van der Waals surface area contributed by atoms with Crippen molar-refractivity contribution in [2.45, 2.75) is 58.5 Å². The summed E-state index contributed by atoms with van der Waals surface area (Å²) in [7, 11) is 0. The third kappa shape index (κ3) is 7.51. The number of alkyl halides is 2. The molecule has 4 rings (SSSR count). The van der Waals surface area contributed by atoms with E-state index >= 15 is 4.39 Å². The zero-order valence-electron chi connectivity index (χ0n) is 21.2. The molecule has 0 radical (unpaired) electrons. The SMILES string of the molecule is CCCCCCCOc1ccc(-c2ccc3c(F)c(CCc4ccc(OC(F)F)cc4)ccc3c2)cc1. The molecule has 5 heteroatoms. The maximum Gasteiger partial charge on any atom is 0.387 e. The smallest absolute Gasteiger partial charge is 0.387 e. The van der Waals surface area contributed by atoms with E-state index in [2.05, 4.69) is 11.7 Å². The minimum absolute atomic E-state index is 0.117. The van der Waals surface area contributed by atoms with Crippen molar-refractivity contribution in [3.8, 4) is 22.6 Å². The van der Waals surface area contributed by atoms with Gasteiger partial charge in [0, 0.05) is 5.39 Å². The molecule has 0 aliphatic carbocycles. The average Bonchev–Trinajstić information content (AvgIpc) is 2.91. The fraction of sp³-hybridized carbons (Fsp3) is 0.312. The molecule has 2 nitrogen and oxygen atoms in total. The molecule has 0 fully saturated rings. The Hall–Kier alpha value is -3.47. The van der Waals surface area contributed by atoms with Gasteiger partial charge in [-0.3, -0.25) is 0 Å². The molecule has 37 heavy (non-hydrogen) atoms. The Morgan fingerprint density at radius 3 is 2.14 bits per heavy atom. The summed E-state index contributed by atoms with van der Waals surface area (Å²) >= 11 is 0. The highest BCUT2D eigenvalue weighted by Gasteiger charge is 2.10. The Morgan fingerprint density at radius 1 is 0.703 bits per heavy atom. The zero-order valence-corrected chi connectivity index (χ0v) is 21.2. The van der Waals surface area contributed by atoms with Crippen LogP contribution >= 0.6 is 0 Å². The lowest BCUT2D eigenvalue weighted by molar-refractivity contribution is -0.0498. The molecule has 0 spiro atoms. The van der Waals surface area contributed by atoms with E-state index in [4.69, 9.17) is 4.74 Å². The lowest BCUT2D eigenvalue weighted by Gasteiger charge is -2.10. The minimum Gasteiger partial charge on any atom is -0.494 e. The van der Waals surface area contributed by atoms with Crippen LogP contribution in [0.2, 0.25) is 0 Å². The topological polar surface area (TPSA) is 18.5 Å². The maximum atomic E-state index is 15.3. The number of unbranched alkanes of at least 4 members (excludes halogenated alkanes) is 4. The van der Waals surface area contributed by atoms with Gasteiger partial charge >= 0.3 is 6.61 Å². The van der Waals surface area contributed by atoms with E-state index in [0.717, 1.165) is 40.9 Å². The van der Waals surface area contributed by atoms with Crippen molar-refractivity contribution in [3.05, 3.63) is 95.8 Å². The normalized spacial score (nSPS) is 11.3. The van der Waals surface area contributed by atoms with Gasteiger partial charge in [0.1, 0.15) is 17.3 Å². The molecule has 194 valence electrons. The molecule has 0 saturated heterocycles. The first kappa shape index (κ1) is 26.6. The quantitative estimate of drug-likeness (QED) is 0.168. The van der Waals surface area contributed by atoms with Gasteiger partial charge in [-0.2, -0.15) is 8.78 Å². The number of fused-ring (bicyclic) bond motifs is 1. The Morgan fingerprint density at radius 2 is 1.41 bits per heavy atom. The van der Waals surface area contributed by atoms with Crippen molar-refractivity contribution >= 4 is 10.8 Å². The van der Waals surface area contributed by atoms with Crippen LogP contribution in [0.1, 0.15) is 50.2 Å². The maximum absolute atomic E-state index is 15.3. The summed E-state index contributed by atoms with van der Waals surface area (Å²) in [5.41, 5.74) is 3.64. The van der Waals surface area contributed by atoms with Crippen LogP contribution in [0.3, 0.4) is 0 Å². The lowest BCUT2D eigenvalue weighted by atomic mass is 9.97. The molecule has 0 aliphatic rings. The standard InChI is InChI=1S/C32H33F3O2/c1-2-3-4-5-6-21-36-28-18-13-24(14-19-28)26-15-20-30-27(22-26)12-11-25(31(30)33)10-7-23-8-16-29(17-9-23)37-32(34)35/h8-9,11-20,22,32H,2-7,10,21H2,1H3. The molecule has 4 aromatic carbocycles. The predicted octanol–water partition coefficient (Wildman–Crippen LogP) is 9.38. The Labute approximate surface area is 217 Å². The summed E-state index contributed by atoms with van der Waals surface area (Å²) in [6.07, 6.45) is 7.17. The fourth-order valence-electron chi connectivity index (χ4n) is 4.47. The molecule has 0 saturated carbocycles. The molecule has 0 unspecified atom stereocenters. The number of hydrogen-bond acceptors (Lipinski definition) is 2. The first-order valence-corrected chi connectivity index (χ1v) is 13.0. The molecule has 0 N–H and O–H groups in total. The summed E-state index contributed by atoms with van der Waals surface area (Å²) < 4.78 is 50.1. The summed E-state index contributed by atoms with van der Waals surface area (Å²) in [4.78, 5) is 0. The van der Waals surface area contributed by atoms with E-state index in [9.17, 15) is 8.78 Å². The van der Waals surface area contributed by atoms with Gasteiger partial charge < -0.3 is 9.47 Å². The summed E-state index contributed by atoms with van der Waals surface area (Å²) in [6.45, 7) is 0.103. The fourth-order valence-corrected chi connectivity index (χ4v) is 4.47. The van der Waals surface area contributed by atoms with E-state index in [1.54, 1.807) is 12.1 Å². The zero-order chi connectivity index (χ0) is 26.0. The lowest BCUT2D eigenvalue weighted by Crippen LogP contribution is -2.02. The largest absolute Gasteiger partial charge is 0.494 e. The van der Waals surface area contributed by atoms with Crippen LogP contribution in [0.15, 0.2) is 78.9 Å². The van der Waals surface area contributed by atoms with Gasteiger partial charge in [0.2, 0.25) is 0 Å². The van der Waals surface area contributed by atoms with Gasteiger partial charge in [-0.1, -0.05) is 81.1 Å². The third-order valence-electron chi connectivity index (χ3n) is 6.57. The Bertz CT molecular complexity index is 1270. The monoisotopic (exact) mass is 506 g/mol. The Balaban J connectivity index is 1.37. The van der Waals surface area contributed by atoms with Crippen LogP contribution < -0.4 is 9.47 Å². The molecular weight excluding hydrogens is 473 g/mol. The van der Waals surface area contributed by atoms with Gasteiger partial charge in [-0.15, -0.1) is 0 Å². The molecule has 0 amide bonds. The van der Waals surface area contributed by atoms with Gasteiger partial charge in [-0.05, 0) is 77.2 Å². The highest BCUT2D eigenvalue weighted by Crippen LogP contribution is 2.29. The van der Waals surface area contributed by atoms with Gasteiger partial charge in [0.05, 0.1) is 6.61 Å². The van der Waals surface area contributed by atoms with Crippen molar-refractivity contribution in [3.63, 3.8) is 0 Å². The summed E-state index contributed by atoms with van der Waals surface area (Å²) in [5.74, 6) is 0.766. The second-order valence-corrected chi connectivity index (χ2v) is 9.28. The number of hydrogen-bond donors (Lipinski definition) is 0. The molecule has 0 aliphatic heterocycles. The molecule has 4 aromatic rings. The highest BCUT2D eigenvalue weighted by molar-refractivity contribution is 5.88. The first-order valence-electron chi connectivity index (χ1n) is 13.0. The molecular formula is C32H33F3O2. The van der Waals surface area contributed by atoms with Crippen LogP contribution in [-0.4, -0.2) is 13.2 Å². The molecule has 0 heterocycles. The number of benzene rings is 4. The van der Waals surface area contributed by atoms with E-state index < -0.39 is 6.61 Å². The second kappa shape index (κ2) is 13.2. The number of ether oxygens (including phenoxy) is 2. The highest BCUT2D eigenvalue weighted by atomic mass is 19.3. The van der Waals surface area contributed by atoms with Gasteiger partial charge in [-0.25, -0.2) is 4.39 Å². The second-order valence-electron chi connectivity index (χ2n) is 9.28. The van der Waals surface area contributed by atoms with Crippen molar-refractivity contribution in [2.75, 3.05) is 6.61 Å². The molecule has 0 atom stereocenters. The molecule has 0 bridgehead atoms. The van der Waals surface area contributed by atoms with Crippen LogP contribution in [0.4, 0.5) is 13.2 Å². The minimum atomic E-state index is -2.85. The van der Waals surface area contributed by atoms with Gasteiger partial charge in [0.15, 0.2) is 0 Å². The van der Waals surface area contributed by atoms with Crippen LogP contribution in [-0.2, 0) is 12.8 Å². The van der Waals surface area contributed by atoms with Crippen LogP contribution in [0.25, 0.3) is 21.9 Å². The van der Waals surface area contributed by atoms with E-state index in [1.807, 2.05) is 54.6 Å². The summed E-state index contributed by atoms with van der Waals surface area (Å²) in [6, 6.07) is 24.1. The third-order valence-corrected chi connectivity index (χ3v) is 6.57. The van der Waals surface area contributed by atoms with E-state index in [-0.39, 0.29) is 11.6 Å². The molecule has 0 aromatic heterocycles. The van der Waals surface area contributed by atoms with Crippen molar-refractivity contribution in [1.82, 2.24) is 0 Å². The number of aryl methyl sites for hydroxylation is 2. The first-order chi connectivity index (χ1) is 18.0. The van der Waals surface area contributed by atoms with Crippen molar-refractivity contribution in [2.24, 2.45) is 0 Å². The Kier molecular flexibility index (Phi) is 9.47. The predicted molar refractivity (Wildman–Crippen MR) is 144 cm³/mol. The number of halogens is 3. The van der Waals surface area contributed by atoms with Crippen molar-refractivity contribution in [1.29, 1.82) is 0 Å².